The van der Waals surface area contributed by atoms with Crippen molar-refractivity contribution in [2.45, 2.75) is 13.8 Å². The molecule has 0 amide bonds. The minimum Gasteiger partial charge on any atom is -0.462 e. The molecular weight excluding hydrogens is 288 g/mol. The summed E-state index contributed by atoms with van der Waals surface area (Å²) in [5, 5.41) is 1.13. The zero-order valence-electron chi connectivity index (χ0n) is 11.3. The lowest BCUT2D eigenvalue weighted by Crippen LogP contribution is -2.03. The number of aryl methyl sites for hydroxylation is 1. The van der Waals surface area contributed by atoms with Gasteiger partial charge in [-0.1, -0.05) is 18.2 Å². The first-order chi connectivity index (χ1) is 9.70. The Kier molecular flexibility index (Phi) is 3.59. The van der Waals surface area contributed by atoms with E-state index in [1.54, 1.807) is 11.3 Å². The van der Waals surface area contributed by atoms with Crippen LogP contribution in [-0.2, 0) is 4.74 Å². The number of hydrogen-bond acceptors (Lipinski definition) is 4. The van der Waals surface area contributed by atoms with Crippen molar-refractivity contribution in [2.24, 2.45) is 0 Å². The molecule has 4 heteroatoms. The van der Waals surface area contributed by atoms with E-state index in [1.807, 2.05) is 25.1 Å². The van der Waals surface area contributed by atoms with Crippen molar-refractivity contribution in [3.05, 3.63) is 46.2 Å². The average molecular weight is 302 g/mol. The molecule has 0 aliphatic carbocycles. The lowest BCUT2D eigenvalue weighted by molar-refractivity contribution is 0.0533. The molecule has 0 aliphatic heterocycles. The zero-order chi connectivity index (χ0) is 14.1. The first-order valence-electron chi connectivity index (χ1n) is 6.46. The highest BCUT2D eigenvalue weighted by Gasteiger charge is 2.21. The van der Waals surface area contributed by atoms with Crippen LogP contribution < -0.4 is 0 Å². The fourth-order valence-electron chi connectivity index (χ4n) is 2.20. The van der Waals surface area contributed by atoms with Gasteiger partial charge in [0.15, 0.2) is 0 Å². The lowest BCUT2D eigenvalue weighted by atomic mass is 10.1. The molecule has 1 aromatic carbocycles. The fraction of sp³-hybridized carbons (Fsp3) is 0.188. The van der Waals surface area contributed by atoms with Gasteiger partial charge in [0.1, 0.15) is 4.88 Å². The van der Waals surface area contributed by atoms with E-state index in [9.17, 15) is 4.79 Å². The maximum atomic E-state index is 12.2. The average Bonchev–Trinajstić information content (AvgIpc) is 3.02. The van der Waals surface area contributed by atoms with Crippen LogP contribution in [-0.4, -0.2) is 12.6 Å². The first-order valence-corrected chi connectivity index (χ1v) is 8.09. The topological polar surface area (TPSA) is 26.3 Å². The molecule has 0 saturated heterocycles. The Labute approximate surface area is 125 Å². The normalized spacial score (nSPS) is 10.9. The fourth-order valence-corrected chi connectivity index (χ4v) is 4.31. The van der Waals surface area contributed by atoms with Crippen molar-refractivity contribution in [3.63, 3.8) is 0 Å². The molecule has 2 nitrogen and oxygen atoms in total. The molecule has 2 heterocycles. The van der Waals surface area contributed by atoms with Gasteiger partial charge in [-0.3, -0.25) is 0 Å². The van der Waals surface area contributed by atoms with E-state index in [0.717, 1.165) is 20.5 Å². The van der Waals surface area contributed by atoms with Crippen molar-refractivity contribution < 1.29 is 9.53 Å². The van der Waals surface area contributed by atoms with Crippen LogP contribution in [0.1, 0.15) is 21.5 Å². The van der Waals surface area contributed by atoms with Gasteiger partial charge in [-0.25, -0.2) is 4.79 Å². The van der Waals surface area contributed by atoms with Crippen molar-refractivity contribution in [3.8, 4) is 10.4 Å². The molecule has 0 atom stereocenters. The van der Waals surface area contributed by atoms with E-state index in [0.29, 0.717) is 11.5 Å². The number of fused-ring (bicyclic) bond motifs is 1. The summed E-state index contributed by atoms with van der Waals surface area (Å²) in [5.74, 6) is -0.227. The van der Waals surface area contributed by atoms with Crippen LogP contribution in [0.15, 0.2) is 36.4 Å². The van der Waals surface area contributed by atoms with Crippen molar-refractivity contribution >= 4 is 38.7 Å². The van der Waals surface area contributed by atoms with Gasteiger partial charge < -0.3 is 4.74 Å². The summed E-state index contributed by atoms with van der Waals surface area (Å²) in [5.41, 5.74) is 1.02. The van der Waals surface area contributed by atoms with Gasteiger partial charge in [-0.15, -0.1) is 22.7 Å². The van der Waals surface area contributed by atoms with Crippen LogP contribution >= 0.6 is 22.7 Å². The summed E-state index contributed by atoms with van der Waals surface area (Å²) in [6.07, 6.45) is 0. The van der Waals surface area contributed by atoms with Crippen molar-refractivity contribution in [1.29, 1.82) is 0 Å². The first kappa shape index (κ1) is 13.3. The smallest absolute Gasteiger partial charge is 0.349 e. The van der Waals surface area contributed by atoms with E-state index >= 15 is 0 Å². The molecule has 0 fully saturated rings. The highest BCUT2D eigenvalue weighted by molar-refractivity contribution is 7.22. The van der Waals surface area contributed by atoms with Gasteiger partial charge in [-0.2, -0.15) is 0 Å². The molecule has 3 aromatic rings. The molecule has 0 saturated carbocycles. The summed E-state index contributed by atoms with van der Waals surface area (Å²) < 4.78 is 6.32. The van der Waals surface area contributed by atoms with Crippen LogP contribution in [0.3, 0.4) is 0 Å². The highest BCUT2D eigenvalue weighted by Crippen LogP contribution is 2.41. The minimum absolute atomic E-state index is 0.227. The lowest BCUT2D eigenvalue weighted by Gasteiger charge is -2.02. The zero-order valence-corrected chi connectivity index (χ0v) is 12.9. The largest absolute Gasteiger partial charge is 0.462 e. The van der Waals surface area contributed by atoms with E-state index in [1.165, 1.54) is 16.2 Å². The monoisotopic (exact) mass is 302 g/mol. The Morgan fingerprint density at radius 2 is 1.95 bits per heavy atom. The molecule has 0 unspecified atom stereocenters. The number of hydrogen-bond donors (Lipinski definition) is 0. The number of rotatable bonds is 3. The van der Waals surface area contributed by atoms with Crippen molar-refractivity contribution in [1.82, 2.24) is 0 Å². The standard InChI is InChI=1S/C16H14O2S2/c1-3-18-16(17)15-14(13-9-8-10(2)19-13)11-6-4-5-7-12(11)20-15/h4-9H,3H2,1-2H3. The van der Waals surface area contributed by atoms with Gasteiger partial charge >= 0.3 is 5.97 Å². The van der Waals surface area contributed by atoms with E-state index in [2.05, 4.69) is 25.1 Å². The van der Waals surface area contributed by atoms with E-state index in [4.69, 9.17) is 4.74 Å². The Balaban J connectivity index is 2.25. The number of carbonyl (C=O) groups is 1. The molecule has 0 bridgehead atoms. The molecular formula is C16H14O2S2. The van der Waals surface area contributed by atoms with Crippen LogP contribution in [0.25, 0.3) is 20.5 Å². The van der Waals surface area contributed by atoms with Crippen molar-refractivity contribution in [2.75, 3.05) is 6.61 Å². The third-order valence-corrected chi connectivity index (χ3v) is 5.21. The number of benzene rings is 1. The van der Waals surface area contributed by atoms with Gasteiger partial charge in [0.25, 0.3) is 0 Å². The third kappa shape index (κ3) is 2.25. The quantitative estimate of drug-likeness (QED) is 0.628. The summed E-state index contributed by atoms with van der Waals surface area (Å²) in [4.78, 5) is 15.3. The maximum absolute atomic E-state index is 12.2. The Morgan fingerprint density at radius 1 is 1.15 bits per heavy atom. The van der Waals surface area contributed by atoms with E-state index in [-0.39, 0.29) is 5.97 Å². The molecule has 3 rings (SSSR count). The van der Waals surface area contributed by atoms with Gasteiger partial charge in [0.05, 0.1) is 6.61 Å². The molecule has 0 N–H and O–H groups in total. The second kappa shape index (κ2) is 5.38. The van der Waals surface area contributed by atoms with Crippen LogP contribution in [0, 0.1) is 6.92 Å². The SMILES string of the molecule is CCOC(=O)c1sc2ccccc2c1-c1ccc(C)s1. The second-order valence-electron chi connectivity index (χ2n) is 4.43. The highest BCUT2D eigenvalue weighted by atomic mass is 32.1. The predicted octanol–water partition coefficient (Wildman–Crippen LogP) is 5.11. The Bertz CT molecular complexity index is 768. The summed E-state index contributed by atoms with van der Waals surface area (Å²) in [7, 11) is 0. The van der Waals surface area contributed by atoms with Gasteiger partial charge in [0, 0.05) is 25.4 Å². The minimum atomic E-state index is -0.227. The van der Waals surface area contributed by atoms with Crippen LogP contribution in [0.5, 0.6) is 0 Å². The second-order valence-corrected chi connectivity index (χ2v) is 6.77. The molecule has 0 aliphatic rings. The van der Waals surface area contributed by atoms with Crippen LogP contribution in [0.4, 0.5) is 0 Å². The Hall–Kier alpha value is -1.65. The number of esters is 1. The number of thiophene rings is 2. The van der Waals surface area contributed by atoms with Crippen LogP contribution in [0.2, 0.25) is 0 Å². The van der Waals surface area contributed by atoms with Gasteiger partial charge in [-0.05, 0) is 32.0 Å². The van der Waals surface area contributed by atoms with Gasteiger partial charge in [0.2, 0.25) is 0 Å². The molecule has 102 valence electrons. The number of ether oxygens (including phenoxy) is 1. The molecule has 2 aromatic heterocycles. The molecule has 0 radical (unpaired) electrons. The summed E-state index contributed by atoms with van der Waals surface area (Å²) in [6.45, 7) is 4.31. The van der Waals surface area contributed by atoms with E-state index < -0.39 is 0 Å². The molecule has 0 spiro atoms. The Morgan fingerprint density at radius 3 is 2.65 bits per heavy atom. The number of carbonyl (C=O) groups excluding carboxylic acids is 1. The summed E-state index contributed by atoms with van der Waals surface area (Å²) >= 11 is 3.22. The molecule has 20 heavy (non-hydrogen) atoms. The predicted molar refractivity (Wildman–Crippen MR) is 85.8 cm³/mol. The third-order valence-electron chi connectivity index (χ3n) is 3.04. The maximum Gasteiger partial charge on any atom is 0.349 e. The summed E-state index contributed by atoms with van der Waals surface area (Å²) in [6, 6.07) is 12.3.